The van der Waals surface area contributed by atoms with Crippen molar-refractivity contribution in [3.05, 3.63) is 83.9 Å². The number of nitrogens with zero attached hydrogens (tertiary/aromatic N) is 1. The molecule has 2 aromatic carbocycles. The summed E-state index contributed by atoms with van der Waals surface area (Å²) in [6.45, 7) is 0. The highest BCUT2D eigenvalue weighted by atomic mass is 19.1. The van der Waals surface area contributed by atoms with Crippen molar-refractivity contribution in [1.29, 1.82) is 0 Å². The van der Waals surface area contributed by atoms with Crippen molar-refractivity contribution in [3.8, 4) is 0 Å². The molecule has 2 N–H and O–H groups in total. The van der Waals surface area contributed by atoms with Crippen LogP contribution in [0.25, 0.3) is 0 Å². The van der Waals surface area contributed by atoms with Gasteiger partial charge in [0.1, 0.15) is 11.5 Å². The summed E-state index contributed by atoms with van der Waals surface area (Å²) in [6.07, 6.45) is 1.50. The summed E-state index contributed by atoms with van der Waals surface area (Å²) in [5.41, 5.74) is 2.44. The Bertz CT molecular complexity index is 957. The number of benzene rings is 2. The van der Waals surface area contributed by atoms with Gasteiger partial charge in [-0.1, -0.05) is 0 Å². The number of hydrogen-bond acceptors (Lipinski definition) is 5. The van der Waals surface area contributed by atoms with Crippen molar-refractivity contribution < 1.29 is 18.7 Å². The lowest BCUT2D eigenvalue weighted by molar-refractivity contribution is 0.0600. The monoisotopic (exact) mass is 365 g/mol. The maximum absolute atomic E-state index is 13.0. The number of aromatic nitrogens is 1. The van der Waals surface area contributed by atoms with Crippen molar-refractivity contribution in [3.63, 3.8) is 0 Å². The van der Waals surface area contributed by atoms with Gasteiger partial charge >= 0.3 is 5.97 Å². The molecule has 7 heteroatoms. The SMILES string of the molecule is COC(=O)c1ccc(NC(=O)c2cc(Nc3ccc(F)cc3)ccn2)cc1. The molecular formula is C20H16FN3O3. The number of hydrogen-bond donors (Lipinski definition) is 2. The van der Waals surface area contributed by atoms with Crippen LogP contribution in [0.15, 0.2) is 66.9 Å². The molecule has 3 rings (SSSR count). The van der Waals surface area contributed by atoms with E-state index in [0.717, 1.165) is 0 Å². The van der Waals surface area contributed by atoms with Gasteiger partial charge in [0.25, 0.3) is 5.91 Å². The van der Waals surface area contributed by atoms with Crippen LogP contribution in [0.4, 0.5) is 21.5 Å². The molecule has 1 aromatic heterocycles. The Balaban J connectivity index is 1.69. The summed E-state index contributed by atoms with van der Waals surface area (Å²) >= 11 is 0. The number of nitrogens with one attached hydrogen (secondary N) is 2. The normalized spacial score (nSPS) is 10.1. The van der Waals surface area contributed by atoms with Crippen LogP contribution in [0, 0.1) is 5.82 Å². The molecule has 27 heavy (non-hydrogen) atoms. The lowest BCUT2D eigenvalue weighted by Gasteiger charge is -2.09. The summed E-state index contributed by atoms with van der Waals surface area (Å²) in [4.78, 5) is 27.9. The van der Waals surface area contributed by atoms with Gasteiger partial charge in [-0.25, -0.2) is 9.18 Å². The maximum Gasteiger partial charge on any atom is 0.337 e. The van der Waals surface area contributed by atoms with Crippen molar-refractivity contribution in [2.24, 2.45) is 0 Å². The van der Waals surface area contributed by atoms with Gasteiger partial charge in [-0.15, -0.1) is 0 Å². The first-order valence-electron chi connectivity index (χ1n) is 8.03. The van der Waals surface area contributed by atoms with E-state index < -0.39 is 11.9 Å². The number of carbonyl (C=O) groups is 2. The topological polar surface area (TPSA) is 80.3 Å². The number of halogens is 1. The minimum atomic E-state index is -0.450. The average molecular weight is 365 g/mol. The van der Waals surface area contributed by atoms with E-state index >= 15 is 0 Å². The second-order valence-corrected chi connectivity index (χ2v) is 5.58. The molecular weight excluding hydrogens is 349 g/mol. The van der Waals surface area contributed by atoms with E-state index in [2.05, 4.69) is 20.4 Å². The Morgan fingerprint density at radius 2 is 1.59 bits per heavy atom. The summed E-state index contributed by atoms with van der Waals surface area (Å²) in [5.74, 6) is -1.17. The first-order valence-corrected chi connectivity index (χ1v) is 8.03. The van der Waals surface area contributed by atoms with E-state index in [1.54, 1.807) is 48.5 Å². The molecule has 1 amide bonds. The smallest absolute Gasteiger partial charge is 0.337 e. The minimum Gasteiger partial charge on any atom is -0.465 e. The second-order valence-electron chi connectivity index (χ2n) is 5.58. The first kappa shape index (κ1) is 18.1. The molecule has 0 aliphatic rings. The Kier molecular flexibility index (Phi) is 5.41. The summed E-state index contributed by atoms with van der Waals surface area (Å²) in [6, 6.07) is 15.5. The van der Waals surface area contributed by atoms with Crippen LogP contribution >= 0.6 is 0 Å². The molecule has 136 valence electrons. The number of esters is 1. The van der Waals surface area contributed by atoms with E-state index in [0.29, 0.717) is 22.6 Å². The molecule has 1 heterocycles. The molecule has 0 atom stereocenters. The van der Waals surface area contributed by atoms with Gasteiger partial charge in [-0.2, -0.15) is 0 Å². The van der Waals surface area contributed by atoms with Crippen LogP contribution in [-0.2, 0) is 4.74 Å². The van der Waals surface area contributed by atoms with Crippen molar-refractivity contribution >= 4 is 28.9 Å². The van der Waals surface area contributed by atoms with E-state index in [-0.39, 0.29) is 11.5 Å². The molecule has 0 saturated heterocycles. The third-order valence-corrected chi connectivity index (χ3v) is 3.69. The molecule has 0 unspecified atom stereocenters. The summed E-state index contributed by atoms with van der Waals surface area (Å²) in [5, 5.41) is 5.79. The molecule has 0 spiro atoms. The second kappa shape index (κ2) is 8.09. The number of methoxy groups -OCH3 is 1. The zero-order valence-corrected chi connectivity index (χ0v) is 14.4. The van der Waals surface area contributed by atoms with Gasteiger partial charge < -0.3 is 15.4 Å². The van der Waals surface area contributed by atoms with Crippen LogP contribution in [0.2, 0.25) is 0 Å². The molecule has 0 saturated carbocycles. The van der Waals surface area contributed by atoms with E-state index in [1.165, 1.54) is 25.4 Å². The van der Waals surface area contributed by atoms with Crippen molar-refractivity contribution in [1.82, 2.24) is 4.98 Å². The molecule has 6 nitrogen and oxygen atoms in total. The number of pyridine rings is 1. The fourth-order valence-corrected chi connectivity index (χ4v) is 2.33. The number of anilines is 3. The molecule has 3 aromatic rings. The summed E-state index contributed by atoms with van der Waals surface area (Å²) in [7, 11) is 1.30. The molecule has 0 radical (unpaired) electrons. The lowest BCUT2D eigenvalue weighted by atomic mass is 10.2. The molecule has 0 bridgehead atoms. The molecule has 0 aliphatic heterocycles. The Morgan fingerprint density at radius 1 is 0.926 bits per heavy atom. The van der Waals surface area contributed by atoms with Gasteiger partial charge in [0.05, 0.1) is 12.7 Å². The first-order chi connectivity index (χ1) is 13.0. The van der Waals surface area contributed by atoms with Gasteiger partial charge in [0.15, 0.2) is 0 Å². The van der Waals surface area contributed by atoms with Gasteiger partial charge in [0, 0.05) is 23.3 Å². The van der Waals surface area contributed by atoms with E-state index in [9.17, 15) is 14.0 Å². The highest BCUT2D eigenvalue weighted by molar-refractivity contribution is 6.03. The summed E-state index contributed by atoms with van der Waals surface area (Å²) < 4.78 is 17.6. The van der Waals surface area contributed by atoms with E-state index in [1.807, 2.05) is 0 Å². The third-order valence-electron chi connectivity index (χ3n) is 3.69. The quantitative estimate of drug-likeness (QED) is 0.668. The van der Waals surface area contributed by atoms with Crippen LogP contribution in [0.5, 0.6) is 0 Å². The zero-order chi connectivity index (χ0) is 19.2. The molecule has 0 fully saturated rings. The van der Waals surface area contributed by atoms with E-state index in [4.69, 9.17) is 0 Å². The highest BCUT2D eigenvalue weighted by Crippen LogP contribution is 2.18. The van der Waals surface area contributed by atoms with Gasteiger partial charge in [0.2, 0.25) is 0 Å². The van der Waals surface area contributed by atoms with Crippen LogP contribution < -0.4 is 10.6 Å². The fraction of sp³-hybridized carbons (Fsp3) is 0.0500. The lowest BCUT2D eigenvalue weighted by Crippen LogP contribution is -2.14. The largest absolute Gasteiger partial charge is 0.465 e. The Labute approximate surface area is 155 Å². The molecule has 0 aliphatic carbocycles. The standard InChI is InChI=1S/C20H16FN3O3/c1-27-20(26)13-2-6-16(7-3-13)24-19(25)18-12-17(10-11-22-18)23-15-8-4-14(21)5-9-15/h2-12H,1H3,(H,22,23)(H,24,25). The predicted molar refractivity (Wildman–Crippen MR) is 99.7 cm³/mol. The Hall–Kier alpha value is -3.74. The average Bonchev–Trinajstić information content (AvgIpc) is 2.70. The number of rotatable bonds is 5. The fourth-order valence-electron chi connectivity index (χ4n) is 2.33. The minimum absolute atomic E-state index is 0.208. The van der Waals surface area contributed by atoms with Crippen molar-refractivity contribution in [2.75, 3.05) is 17.7 Å². The van der Waals surface area contributed by atoms with Gasteiger partial charge in [-0.3, -0.25) is 9.78 Å². The maximum atomic E-state index is 13.0. The van der Waals surface area contributed by atoms with Crippen LogP contribution in [0.1, 0.15) is 20.8 Å². The Morgan fingerprint density at radius 3 is 2.26 bits per heavy atom. The van der Waals surface area contributed by atoms with Crippen LogP contribution in [-0.4, -0.2) is 24.0 Å². The van der Waals surface area contributed by atoms with Crippen molar-refractivity contribution in [2.45, 2.75) is 0 Å². The zero-order valence-electron chi connectivity index (χ0n) is 14.4. The predicted octanol–water partition coefficient (Wildman–Crippen LogP) is 4.00. The third kappa shape index (κ3) is 4.66. The van der Waals surface area contributed by atoms with Gasteiger partial charge in [-0.05, 0) is 60.7 Å². The highest BCUT2D eigenvalue weighted by Gasteiger charge is 2.10. The number of ether oxygens (including phenoxy) is 1. The number of amides is 1. The van der Waals surface area contributed by atoms with Crippen LogP contribution in [0.3, 0.4) is 0 Å². The number of carbonyl (C=O) groups excluding carboxylic acids is 2.